The molecule has 0 saturated carbocycles. The number of nitrogens with two attached hydrogens (primary N) is 1. The van der Waals surface area contributed by atoms with Gasteiger partial charge in [0.05, 0.1) is 18.0 Å². The van der Waals surface area contributed by atoms with Crippen LogP contribution in [0.5, 0.6) is 5.75 Å². The van der Waals surface area contributed by atoms with E-state index in [1.54, 1.807) is 13.4 Å². The minimum atomic E-state index is -0.0851. The first-order chi connectivity index (χ1) is 14.0. The molecule has 1 aliphatic rings. The van der Waals surface area contributed by atoms with Gasteiger partial charge in [-0.25, -0.2) is 9.97 Å². The normalized spacial score (nSPS) is 17.2. The van der Waals surface area contributed by atoms with Gasteiger partial charge in [-0.2, -0.15) is 0 Å². The number of nitrogens with zero attached hydrogens (tertiary/aromatic N) is 3. The van der Waals surface area contributed by atoms with Crippen molar-refractivity contribution in [2.24, 2.45) is 11.8 Å². The van der Waals surface area contributed by atoms with Crippen LogP contribution in [0.3, 0.4) is 0 Å². The second-order valence-electron chi connectivity index (χ2n) is 7.26. The molecule has 1 fully saturated rings. The Morgan fingerprint density at radius 3 is 2.93 bits per heavy atom. The average molecular weight is 399 g/mol. The molecule has 0 unspecified atom stereocenters. The van der Waals surface area contributed by atoms with Crippen molar-refractivity contribution in [3.63, 3.8) is 0 Å². The molecule has 0 spiro atoms. The summed E-state index contributed by atoms with van der Waals surface area (Å²) in [4.78, 5) is 11.0. The number of aliphatic hydroxyl groups is 1. The zero-order valence-electron chi connectivity index (χ0n) is 17.0. The summed E-state index contributed by atoms with van der Waals surface area (Å²) in [6.07, 6.45) is 2.41. The number of rotatable bonds is 9. The van der Waals surface area contributed by atoms with Crippen LogP contribution in [0, 0.1) is 5.92 Å². The summed E-state index contributed by atoms with van der Waals surface area (Å²) in [5.41, 5.74) is 5.66. The number of aliphatic hydroxyl groups excluding tert-OH is 1. The molecule has 4 N–H and O–H groups in total. The van der Waals surface area contributed by atoms with Crippen molar-refractivity contribution in [1.82, 2.24) is 9.97 Å². The van der Waals surface area contributed by atoms with Crippen molar-refractivity contribution >= 4 is 17.1 Å². The minimum absolute atomic E-state index is 0.0851. The highest BCUT2D eigenvalue weighted by Crippen LogP contribution is 2.32. The Labute approximate surface area is 171 Å². The first-order valence-electron chi connectivity index (χ1n) is 9.69. The summed E-state index contributed by atoms with van der Waals surface area (Å²) < 4.78 is 11.0. The van der Waals surface area contributed by atoms with Gasteiger partial charge in [0.2, 0.25) is 0 Å². The standard InChI is InChI=1S/C21H29N5O3/c1-14(12-28-3)29-17-4-5-19(25-22)18(8-17)15(2)20-9-21(24-13-23-20)26-7-6-16(10-26)11-27/h4-5,8-9,13-14,16,25,27H,2,6-7,10-12,22H2,1,3H3/t14-,16-/m0/s1. The number of methoxy groups -OCH3 is 1. The van der Waals surface area contributed by atoms with Gasteiger partial charge in [0.1, 0.15) is 24.0 Å². The van der Waals surface area contributed by atoms with Crippen LogP contribution < -0.4 is 20.9 Å². The molecule has 1 saturated heterocycles. The third-order valence-corrected chi connectivity index (χ3v) is 5.04. The highest BCUT2D eigenvalue weighted by Gasteiger charge is 2.23. The predicted molar refractivity (Wildman–Crippen MR) is 114 cm³/mol. The summed E-state index contributed by atoms with van der Waals surface area (Å²) in [7, 11) is 1.64. The Morgan fingerprint density at radius 2 is 2.24 bits per heavy atom. The maximum Gasteiger partial charge on any atom is 0.132 e. The smallest absolute Gasteiger partial charge is 0.132 e. The van der Waals surface area contributed by atoms with Gasteiger partial charge in [-0.1, -0.05) is 6.58 Å². The van der Waals surface area contributed by atoms with Gasteiger partial charge in [-0.15, -0.1) is 0 Å². The van der Waals surface area contributed by atoms with Crippen LogP contribution in [0.25, 0.3) is 5.57 Å². The summed E-state index contributed by atoms with van der Waals surface area (Å²) >= 11 is 0. The first kappa shape index (κ1) is 21.0. The molecular formula is C21H29N5O3. The van der Waals surface area contributed by atoms with E-state index < -0.39 is 0 Å². The minimum Gasteiger partial charge on any atom is -0.488 e. The quantitative estimate of drug-likeness (QED) is 0.435. The fourth-order valence-electron chi connectivity index (χ4n) is 3.49. The molecule has 0 radical (unpaired) electrons. The molecule has 1 aromatic heterocycles. The van der Waals surface area contributed by atoms with Gasteiger partial charge >= 0.3 is 0 Å². The van der Waals surface area contributed by atoms with E-state index in [9.17, 15) is 5.11 Å². The van der Waals surface area contributed by atoms with Crippen molar-refractivity contribution in [2.75, 3.05) is 43.7 Å². The van der Waals surface area contributed by atoms with Gasteiger partial charge in [-0.05, 0) is 31.5 Å². The van der Waals surface area contributed by atoms with Crippen LogP contribution in [-0.4, -0.2) is 54.6 Å². The molecular weight excluding hydrogens is 370 g/mol. The van der Waals surface area contributed by atoms with Crippen molar-refractivity contribution in [3.05, 3.63) is 48.4 Å². The van der Waals surface area contributed by atoms with Crippen molar-refractivity contribution in [1.29, 1.82) is 0 Å². The van der Waals surface area contributed by atoms with E-state index in [-0.39, 0.29) is 18.6 Å². The molecule has 2 heterocycles. The molecule has 1 aromatic carbocycles. The Hall–Kier alpha value is -2.68. The highest BCUT2D eigenvalue weighted by atomic mass is 16.5. The number of aromatic nitrogens is 2. The van der Waals surface area contributed by atoms with Gasteiger partial charge in [-0.3, -0.25) is 5.84 Å². The number of hydrogen-bond acceptors (Lipinski definition) is 8. The Morgan fingerprint density at radius 1 is 1.41 bits per heavy atom. The zero-order valence-corrected chi connectivity index (χ0v) is 17.0. The maximum atomic E-state index is 9.39. The maximum absolute atomic E-state index is 9.39. The zero-order chi connectivity index (χ0) is 20.8. The monoisotopic (exact) mass is 399 g/mol. The Kier molecular flexibility index (Phi) is 7.03. The first-order valence-corrected chi connectivity index (χ1v) is 9.69. The number of hydrazine groups is 1. The Bertz CT molecular complexity index is 845. The van der Waals surface area contributed by atoms with Crippen LogP contribution in [0.15, 0.2) is 37.2 Å². The largest absolute Gasteiger partial charge is 0.488 e. The molecule has 0 bridgehead atoms. The summed E-state index contributed by atoms with van der Waals surface area (Å²) in [5, 5.41) is 9.39. The molecule has 2 aromatic rings. The Balaban J connectivity index is 1.84. The van der Waals surface area contributed by atoms with Crippen LogP contribution in [0.2, 0.25) is 0 Å². The molecule has 29 heavy (non-hydrogen) atoms. The predicted octanol–water partition coefficient (Wildman–Crippen LogP) is 2.06. The van der Waals surface area contributed by atoms with Crippen molar-refractivity contribution in [2.45, 2.75) is 19.4 Å². The van der Waals surface area contributed by atoms with Gasteiger partial charge < -0.3 is 24.9 Å². The van der Waals surface area contributed by atoms with Gasteiger partial charge in [0.15, 0.2) is 0 Å². The number of ether oxygens (including phenoxy) is 2. The average Bonchev–Trinajstić information content (AvgIpc) is 3.23. The third-order valence-electron chi connectivity index (χ3n) is 5.04. The number of nitrogens with one attached hydrogen (secondary N) is 1. The third kappa shape index (κ3) is 5.03. The van der Waals surface area contributed by atoms with Crippen LogP contribution >= 0.6 is 0 Å². The lowest BCUT2D eigenvalue weighted by Gasteiger charge is -2.19. The fraction of sp³-hybridized carbons (Fsp3) is 0.429. The van der Waals surface area contributed by atoms with Crippen molar-refractivity contribution in [3.8, 4) is 5.75 Å². The summed E-state index contributed by atoms with van der Waals surface area (Å²) in [6.45, 7) is 8.52. The molecule has 156 valence electrons. The van der Waals surface area contributed by atoms with Gasteiger partial charge in [0, 0.05) is 49.9 Å². The van der Waals surface area contributed by atoms with E-state index in [1.807, 2.05) is 31.2 Å². The second-order valence-corrected chi connectivity index (χ2v) is 7.26. The summed E-state index contributed by atoms with van der Waals surface area (Å²) in [5.74, 6) is 7.52. The lowest BCUT2D eigenvalue weighted by molar-refractivity contribution is 0.0921. The van der Waals surface area contributed by atoms with Gasteiger partial charge in [0.25, 0.3) is 0 Å². The summed E-state index contributed by atoms with van der Waals surface area (Å²) in [6, 6.07) is 7.51. The second kappa shape index (κ2) is 9.69. The molecule has 8 heteroatoms. The SMILES string of the molecule is C=C(c1cc(N2CC[C@H](CO)C2)ncn1)c1cc(O[C@@H](C)COC)ccc1NN. The van der Waals surface area contributed by atoms with E-state index in [1.165, 1.54) is 0 Å². The molecule has 0 amide bonds. The van der Waals surface area contributed by atoms with Crippen molar-refractivity contribution < 1.29 is 14.6 Å². The number of hydrogen-bond donors (Lipinski definition) is 3. The molecule has 8 nitrogen and oxygen atoms in total. The molecule has 2 atom stereocenters. The van der Waals surface area contributed by atoms with Crippen LogP contribution in [0.4, 0.5) is 11.5 Å². The molecule has 3 rings (SSSR count). The van der Waals surface area contributed by atoms with E-state index in [4.69, 9.17) is 15.3 Å². The lowest BCUT2D eigenvalue weighted by atomic mass is 10.0. The van der Waals surface area contributed by atoms with E-state index >= 15 is 0 Å². The molecule has 1 aliphatic heterocycles. The highest BCUT2D eigenvalue weighted by molar-refractivity contribution is 5.84. The number of nitrogen functional groups attached to an aromatic ring is 1. The molecule has 0 aliphatic carbocycles. The number of benzene rings is 1. The van der Waals surface area contributed by atoms with Crippen LogP contribution in [-0.2, 0) is 4.74 Å². The fourth-order valence-corrected chi connectivity index (χ4v) is 3.49. The van der Waals surface area contributed by atoms with E-state index in [0.29, 0.717) is 23.6 Å². The number of anilines is 2. The lowest BCUT2D eigenvalue weighted by Crippen LogP contribution is -2.22. The van der Waals surface area contributed by atoms with E-state index in [2.05, 4.69) is 26.9 Å². The van der Waals surface area contributed by atoms with Crippen LogP contribution in [0.1, 0.15) is 24.6 Å². The topological polar surface area (TPSA) is 106 Å². The van der Waals surface area contributed by atoms with E-state index in [0.717, 1.165) is 36.6 Å².